The van der Waals surface area contributed by atoms with Crippen molar-refractivity contribution < 1.29 is 9.15 Å². The molecule has 0 aromatic carbocycles. The molecule has 0 atom stereocenters. The van der Waals surface area contributed by atoms with Gasteiger partial charge in [-0.15, -0.1) is 0 Å². The summed E-state index contributed by atoms with van der Waals surface area (Å²) in [5.41, 5.74) is 0. The van der Waals surface area contributed by atoms with Crippen LogP contribution in [0.1, 0.15) is 25.0 Å². The number of furan rings is 1. The summed E-state index contributed by atoms with van der Waals surface area (Å²) in [6.07, 6.45) is 4.82. The largest absolute Gasteiger partial charge is 0.446 e. The predicted molar refractivity (Wildman–Crippen MR) is 75.7 cm³/mol. The van der Waals surface area contributed by atoms with Crippen molar-refractivity contribution in [2.24, 2.45) is 0 Å². The van der Waals surface area contributed by atoms with E-state index in [0.29, 0.717) is 0 Å². The van der Waals surface area contributed by atoms with Crippen molar-refractivity contribution in [3.05, 3.63) is 17.9 Å². The maximum Gasteiger partial charge on any atom is 0.195 e. The van der Waals surface area contributed by atoms with E-state index >= 15 is 0 Å². The number of anilines is 1. The number of nitrogens with zero attached hydrogens (tertiary/aromatic N) is 2. The fourth-order valence-corrected chi connectivity index (χ4v) is 2.91. The van der Waals surface area contributed by atoms with E-state index in [2.05, 4.69) is 21.9 Å². The van der Waals surface area contributed by atoms with E-state index in [1.54, 1.807) is 0 Å². The topological polar surface area (TPSA) is 28.9 Å². The maximum absolute atomic E-state index is 5.94. The first-order chi connectivity index (χ1) is 9.42. The van der Waals surface area contributed by atoms with Gasteiger partial charge in [0.15, 0.2) is 5.88 Å². The summed E-state index contributed by atoms with van der Waals surface area (Å²) in [5.74, 6) is 2.20. The minimum atomic E-state index is 0.889. The third-order valence-corrected chi connectivity index (χ3v) is 4.07. The van der Waals surface area contributed by atoms with E-state index in [-0.39, 0.29) is 0 Å². The zero-order chi connectivity index (χ0) is 12.9. The van der Waals surface area contributed by atoms with E-state index in [9.17, 15) is 0 Å². The fourth-order valence-electron chi connectivity index (χ4n) is 2.91. The van der Waals surface area contributed by atoms with Crippen molar-refractivity contribution in [2.75, 3.05) is 50.8 Å². The molecule has 0 N–H and O–H groups in total. The average Bonchev–Trinajstić information content (AvgIpc) is 3.10. The number of ether oxygens (including phenoxy) is 1. The van der Waals surface area contributed by atoms with Gasteiger partial charge in [-0.25, -0.2) is 0 Å². The Morgan fingerprint density at radius 1 is 1.00 bits per heavy atom. The van der Waals surface area contributed by atoms with Gasteiger partial charge < -0.3 is 14.1 Å². The van der Waals surface area contributed by atoms with Gasteiger partial charge in [-0.05, 0) is 31.9 Å². The molecular weight excluding hydrogens is 240 g/mol. The first-order valence-electron chi connectivity index (χ1n) is 7.55. The van der Waals surface area contributed by atoms with Gasteiger partial charge in [-0.2, -0.15) is 0 Å². The minimum absolute atomic E-state index is 0.889. The number of hydrogen-bond acceptors (Lipinski definition) is 4. The Morgan fingerprint density at radius 2 is 1.79 bits per heavy atom. The highest BCUT2D eigenvalue weighted by molar-refractivity contribution is 5.37. The molecule has 2 saturated heterocycles. The van der Waals surface area contributed by atoms with E-state index in [1.165, 1.54) is 19.3 Å². The van der Waals surface area contributed by atoms with Crippen LogP contribution in [-0.2, 0) is 11.2 Å². The molecule has 0 radical (unpaired) electrons. The highest BCUT2D eigenvalue weighted by Gasteiger charge is 2.15. The summed E-state index contributed by atoms with van der Waals surface area (Å²) < 4.78 is 11.3. The van der Waals surface area contributed by atoms with Crippen molar-refractivity contribution in [1.29, 1.82) is 0 Å². The Kier molecular flexibility index (Phi) is 4.41. The highest BCUT2D eigenvalue weighted by atomic mass is 16.5. The standard InChI is InChI=1S/C15H24N2O2/c1-2-9-17(8-1)15-6-5-14(19-15)4-3-7-16-10-12-18-13-11-16/h5-6H,1-4,7-13H2. The second kappa shape index (κ2) is 6.44. The summed E-state index contributed by atoms with van der Waals surface area (Å²) >= 11 is 0. The number of morpholine rings is 1. The molecule has 0 aliphatic carbocycles. The Labute approximate surface area is 115 Å². The van der Waals surface area contributed by atoms with Crippen molar-refractivity contribution in [3.63, 3.8) is 0 Å². The Balaban J connectivity index is 1.42. The molecule has 1 aromatic heterocycles. The molecule has 106 valence electrons. The molecule has 0 amide bonds. The van der Waals surface area contributed by atoms with Crippen molar-refractivity contribution >= 4 is 5.88 Å². The summed E-state index contributed by atoms with van der Waals surface area (Å²) in [6.45, 7) is 7.40. The van der Waals surface area contributed by atoms with Gasteiger partial charge in [0.25, 0.3) is 0 Å². The lowest BCUT2D eigenvalue weighted by molar-refractivity contribution is 0.0373. The van der Waals surface area contributed by atoms with E-state index in [4.69, 9.17) is 9.15 Å². The van der Waals surface area contributed by atoms with Gasteiger partial charge in [-0.1, -0.05) is 0 Å². The van der Waals surface area contributed by atoms with Crippen LogP contribution in [0.3, 0.4) is 0 Å². The fraction of sp³-hybridized carbons (Fsp3) is 0.733. The van der Waals surface area contributed by atoms with E-state index < -0.39 is 0 Å². The first kappa shape index (κ1) is 13.0. The molecule has 2 aliphatic heterocycles. The molecular formula is C15H24N2O2. The lowest BCUT2D eigenvalue weighted by Gasteiger charge is -2.26. The third kappa shape index (κ3) is 3.51. The minimum Gasteiger partial charge on any atom is -0.446 e. The Hall–Kier alpha value is -1.00. The van der Waals surface area contributed by atoms with Crippen LogP contribution in [0.25, 0.3) is 0 Å². The Bertz CT molecular complexity index is 379. The maximum atomic E-state index is 5.94. The van der Waals surface area contributed by atoms with Crippen LogP contribution in [0.15, 0.2) is 16.5 Å². The molecule has 3 heterocycles. The van der Waals surface area contributed by atoms with Crippen LogP contribution in [0, 0.1) is 0 Å². The van der Waals surface area contributed by atoms with Gasteiger partial charge in [0.05, 0.1) is 13.2 Å². The van der Waals surface area contributed by atoms with Crippen LogP contribution in [-0.4, -0.2) is 50.8 Å². The normalized spacial score (nSPS) is 21.2. The zero-order valence-electron chi connectivity index (χ0n) is 11.6. The molecule has 4 nitrogen and oxygen atoms in total. The quantitative estimate of drug-likeness (QED) is 0.815. The van der Waals surface area contributed by atoms with Crippen LogP contribution in [0.4, 0.5) is 5.88 Å². The van der Waals surface area contributed by atoms with Crippen LogP contribution in [0.5, 0.6) is 0 Å². The second-order valence-corrected chi connectivity index (χ2v) is 5.49. The molecule has 3 rings (SSSR count). The SMILES string of the molecule is c1cc(N2CCCC2)oc1CCCN1CCOCC1. The monoisotopic (exact) mass is 264 g/mol. The van der Waals surface area contributed by atoms with Gasteiger partial charge in [0.1, 0.15) is 5.76 Å². The smallest absolute Gasteiger partial charge is 0.195 e. The van der Waals surface area contributed by atoms with Crippen molar-refractivity contribution in [2.45, 2.75) is 25.7 Å². The number of aryl methyl sites for hydroxylation is 1. The number of rotatable bonds is 5. The molecule has 1 aromatic rings. The van der Waals surface area contributed by atoms with E-state index in [1.807, 2.05) is 0 Å². The average molecular weight is 264 g/mol. The Morgan fingerprint density at radius 3 is 2.58 bits per heavy atom. The first-order valence-corrected chi connectivity index (χ1v) is 7.55. The molecule has 19 heavy (non-hydrogen) atoms. The molecule has 2 fully saturated rings. The van der Waals surface area contributed by atoms with Gasteiger partial charge in [0.2, 0.25) is 0 Å². The summed E-state index contributed by atoms with van der Waals surface area (Å²) in [7, 11) is 0. The van der Waals surface area contributed by atoms with Gasteiger partial charge in [0, 0.05) is 38.7 Å². The molecule has 0 saturated carbocycles. The third-order valence-electron chi connectivity index (χ3n) is 4.07. The summed E-state index contributed by atoms with van der Waals surface area (Å²) in [6, 6.07) is 4.28. The molecule has 0 unspecified atom stereocenters. The highest BCUT2D eigenvalue weighted by Crippen LogP contribution is 2.23. The predicted octanol–water partition coefficient (Wildman–Crippen LogP) is 2.14. The molecule has 0 bridgehead atoms. The van der Waals surface area contributed by atoms with E-state index in [0.717, 1.165) is 64.0 Å². The number of hydrogen-bond donors (Lipinski definition) is 0. The van der Waals surface area contributed by atoms with Crippen molar-refractivity contribution in [1.82, 2.24) is 4.90 Å². The molecule has 2 aliphatic rings. The van der Waals surface area contributed by atoms with Crippen LogP contribution in [0.2, 0.25) is 0 Å². The van der Waals surface area contributed by atoms with Crippen LogP contribution < -0.4 is 4.90 Å². The summed E-state index contributed by atoms with van der Waals surface area (Å²) in [4.78, 5) is 4.83. The van der Waals surface area contributed by atoms with Crippen molar-refractivity contribution in [3.8, 4) is 0 Å². The van der Waals surface area contributed by atoms with Gasteiger partial charge in [-0.3, -0.25) is 4.90 Å². The van der Waals surface area contributed by atoms with Gasteiger partial charge >= 0.3 is 0 Å². The van der Waals surface area contributed by atoms with Crippen LogP contribution >= 0.6 is 0 Å². The summed E-state index contributed by atoms with van der Waals surface area (Å²) in [5, 5.41) is 0. The molecule has 0 spiro atoms. The molecule has 4 heteroatoms. The second-order valence-electron chi connectivity index (χ2n) is 5.49. The lowest BCUT2D eigenvalue weighted by Crippen LogP contribution is -2.36. The zero-order valence-corrected chi connectivity index (χ0v) is 11.6. The lowest BCUT2D eigenvalue weighted by atomic mass is 10.2.